The number of rotatable bonds is 6. The van der Waals surface area contributed by atoms with Crippen LogP contribution in [0.15, 0.2) is 43.0 Å². The lowest BCUT2D eigenvalue weighted by molar-refractivity contribution is -0.0579. The fraction of sp³-hybridized carbons (Fsp3) is 0.350. The Morgan fingerprint density at radius 3 is 2.74 bits per heavy atom. The molecule has 0 spiro atoms. The van der Waals surface area contributed by atoms with Crippen molar-refractivity contribution < 1.29 is 23.0 Å². The first-order valence-corrected chi connectivity index (χ1v) is 9.64. The molecule has 0 saturated carbocycles. The van der Waals surface area contributed by atoms with Crippen LogP contribution in [0.4, 0.5) is 24.9 Å². The van der Waals surface area contributed by atoms with Gasteiger partial charge in [-0.15, -0.1) is 0 Å². The molecule has 1 aromatic carbocycles. The lowest BCUT2D eigenvalue weighted by Gasteiger charge is -2.27. The fourth-order valence-corrected chi connectivity index (χ4v) is 3.32. The molecule has 2 N–H and O–H groups in total. The molecule has 1 fully saturated rings. The van der Waals surface area contributed by atoms with Gasteiger partial charge in [-0.25, -0.2) is 23.1 Å². The van der Waals surface area contributed by atoms with Gasteiger partial charge in [0.1, 0.15) is 12.0 Å². The maximum absolute atomic E-state index is 13.9. The van der Waals surface area contributed by atoms with Gasteiger partial charge in [-0.1, -0.05) is 0 Å². The first-order valence-electron chi connectivity index (χ1n) is 9.64. The van der Waals surface area contributed by atoms with Crippen molar-refractivity contribution in [1.82, 2.24) is 19.5 Å². The van der Waals surface area contributed by atoms with Gasteiger partial charge in [0.15, 0.2) is 11.6 Å². The largest absolute Gasteiger partial charge is 0.351 e. The van der Waals surface area contributed by atoms with E-state index in [4.69, 9.17) is 4.74 Å². The highest BCUT2D eigenvalue weighted by Crippen LogP contribution is 2.27. The summed E-state index contributed by atoms with van der Waals surface area (Å²) in [5.41, 5.74) is 1.04. The molecule has 1 unspecified atom stereocenters. The zero-order valence-electron chi connectivity index (χ0n) is 16.8. The Bertz CT molecular complexity index is 1060. The molecule has 3 aromatic rings. The van der Waals surface area contributed by atoms with Crippen LogP contribution in [0, 0.1) is 11.6 Å². The van der Waals surface area contributed by atoms with Gasteiger partial charge < -0.3 is 19.7 Å². The summed E-state index contributed by atoms with van der Waals surface area (Å²) < 4.78 is 47.3. The molecule has 164 valence electrons. The van der Waals surface area contributed by atoms with Crippen LogP contribution < -0.4 is 10.2 Å². The molecule has 4 atom stereocenters. The maximum atomic E-state index is 13.9. The van der Waals surface area contributed by atoms with Crippen molar-refractivity contribution >= 4 is 11.8 Å². The summed E-state index contributed by atoms with van der Waals surface area (Å²) in [4.78, 5) is 14.2. The van der Waals surface area contributed by atoms with Crippen molar-refractivity contribution in [3.05, 3.63) is 60.3 Å². The minimum atomic E-state index is -1.30. The second kappa shape index (κ2) is 8.52. The molecule has 0 radical (unpaired) electrons. The van der Waals surface area contributed by atoms with E-state index in [2.05, 4.69) is 20.3 Å². The number of nitrogens with one attached hydrogen (secondary N) is 1. The SMILES string of the molecule is C[C@H](Nc1nccc(N2C(O)OC[C@@H]2[C@H](C)F)n1)c1cn(-c2ccc(F)c(F)c2)cn1. The van der Waals surface area contributed by atoms with Crippen molar-refractivity contribution in [1.29, 1.82) is 0 Å². The Morgan fingerprint density at radius 2 is 2.00 bits per heavy atom. The highest BCUT2D eigenvalue weighted by molar-refractivity contribution is 5.45. The predicted octanol–water partition coefficient (Wildman–Crippen LogP) is 2.95. The average Bonchev–Trinajstić information content (AvgIpc) is 3.37. The summed E-state index contributed by atoms with van der Waals surface area (Å²) in [6, 6.07) is 4.13. The van der Waals surface area contributed by atoms with Crippen LogP contribution in [0.5, 0.6) is 0 Å². The van der Waals surface area contributed by atoms with Crippen molar-refractivity contribution in [2.24, 2.45) is 0 Å². The van der Waals surface area contributed by atoms with Gasteiger partial charge in [-0.2, -0.15) is 4.98 Å². The summed E-state index contributed by atoms with van der Waals surface area (Å²) >= 11 is 0. The van der Waals surface area contributed by atoms with E-state index in [1.54, 1.807) is 16.8 Å². The number of hydrogen-bond donors (Lipinski definition) is 2. The number of nitrogens with zero attached hydrogens (tertiary/aromatic N) is 5. The third-order valence-electron chi connectivity index (χ3n) is 5.04. The minimum Gasteiger partial charge on any atom is -0.351 e. The van der Waals surface area contributed by atoms with Crippen LogP contribution in [-0.4, -0.2) is 49.9 Å². The van der Waals surface area contributed by atoms with E-state index in [-0.39, 0.29) is 18.6 Å². The van der Waals surface area contributed by atoms with E-state index in [9.17, 15) is 18.3 Å². The highest BCUT2D eigenvalue weighted by Gasteiger charge is 2.38. The molecular formula is C20H21F3N6O2. The minimum absolute atomic E-state index is 0.0451. The summed E-state index contributed by atoms with van der Waals surface area (Å²) in [7, 11) is 0. The van der Waals surface area contributed by atoms with E-state index in [1.165, 1.54) is 30.4 Å². The quantitative estimate of drug-likeness (QED) is 0.617. The predicted molar refractivity (Wildman–Crippen MR) is 106 cm³/mol. The molecule has 1 aliphatic rings. The second-order valence-corrected chi connectivity index (χ2v) is 7.22. The van der Waals surface area contributed by atoms with Crippen LogP contribution in [0.2, 0.25) is 0 Å². The monoisotopic (exact) mass is 434 g/mol. The standard InChI is InChI=1S/C20H21F3N6O2/c1-11(21)17-9-31-20(30)29(17)18-5-6-24-19(27-18)26-12(2)16-8-28(10-25-16)13-3-4-14(22)15(23)7-13/h3-8,10-12,17,20,30H,9H2,1-2H3,(H,24,26,27)/t11-,12-,17+,20?/m0/s1. The van der Waals surface area contributed by atoms with Crippen LogP contribution in [-0.2, 0) is 4.74 Å². The Labute approximate surface area is 176 Å². The first kappa shape index (κ1) is 21.1. The molecule has 2 aromatic heterocycles. The van der Waals surface area contributed by atoms with Gasteiger partial charge in [0.05, 0.1) is 30.7 Å². The van der Waals surface area contributed by atoms with Crippen LogP contribution in [0.3, 0.4) is 0 Å². The number of benzene rings is 1. The number of ether oxygens (including phenoxy) is 1. The van der Waals surface area contributed by atoms with E-state index in [0.29, 0.717) is 17.2 Å². The van der Waals surface area contributed by atoms with Crippen molar-refractivity contribution in [2.75, 3.05) is 16.8 Å². The summed E-state index contributed by atoms with van der Waals surface area (Å²) in [6.07, 6.45) is 2.12. The molecule has 0 amide bonds. The Morgan fingerprint density at radius 1 is 1.19 bits per heavy atom. The van der Waals surface area contributed by atoms with Gasteiger partial charge in [0, 0.05) is 24.1 Å². The zero-order valence-corrected chi connectivity index (χ0v) is 16.8. The number of aromatic nitrogens is 4. The average molecular weight is 434 g/mol. The van der Waals surface area contributed by atoms with Gasteiger partial charge in [-0.05, 0) is 32.0 Å². The summed E-state index contributed by atoms with van der Waals surface area (Å²) in [5.74, 6) is -1.31. The summed E-state index contributed by atoms with van der Waals surface area (Å²) in [6.45, 7) is 3.27. The van der Waals surface area contributed by atoms with E-state index >= 15 is 0 Å². The van der Waals surface area contributed by atoms with Crippen LogP contribution in [0.1, 0.15) is 25.6 Å². The summed E-state index contributed by atoms with van der Waals surface area (Å²) in [5, 5.41) is 13.1. The van der Waals surface area contributed by atoms with E-state index < -0.39 is 30.3 Å². The molecule has 11 heteroatoms. The maximum Gasteiger partial charge on any atom is 0.239 e. The molecule has 3 heterocycles. The third-order valence-corrected chi connectivity index (χ3v) is 5.04. The zero-order chi connectivity index (χ0) is 22.1. The normalized spacial score (nSPS) is 20.6. The van der Waals surface area contributed by atoms with Crippen molar-refractivity contribution in [3.8, 4) is 5.69 Å². The number of anilines is 2. The number of aliphatic hydroxyl groups excluding tert-OH is 1. The van der Waals surface area contributed by atoms with Crippen molar-refractivity contribution in [2.45, 2.75) is 38.5 Å². The lowest BCUT2D eigenvalue weighted by Crippen LogP contribution is -2.42. The number of hydrogen-bond acceptors (Lipinski definition) is 7. The highest BCUT2D eigenvalue weighted by atomic mass is 19.2. The van der Waals surface area contributed by atoms with Gasteiger partial charge in [-0.3, -0.25) is 4.90 Å². The van der Waals surface area contributed by atoms with Crippen molar-refractivity contribution in [3.63, 3.8) is 0 Å². The fourth-order valence-electron chi connectivity index (χ4n) is 3.32. The molecule has 4 rings (SSSR count). The Hall–Kier alpha value is -3.18. The Kier molecular flexibility index (Phi) is 5.79. The molecule has 0 bridgehead atoms. The molecule has 8 nitrogen and oxygen atoms in total. The van der Waals surface area contributed by atoms with Crippen LogP contribution >= 0.6 is 0 Å². The number of alkyl halides is 1. The van der Waals surface area contributed by atoms with Gasteiger partial charge in [0.25, 0.3) is 0 Å². The molecule has 0 aliphatic carbocycles. The number of aliphatic hydroxyl groups is 1. The molecule has 1 aliphatic heterocycles. The van der Waals surface area contributed by atoms with E-state index in [0.717, 1.165) is 12.1 Å². The number of imidazole rings is 1. The molecule has 1 saturated heterocycles. The van der Waals surface area contributed by atoms with Gasteiger partial charge in [0.2, 0.25) is 12.4 Å². The first-order chi connectivity index (χ1) is 14.8. The Balaban J connectivity index is 1.50. The second-order valence-electron chi connectivity index (χ2n) is 7.22. The molecule has 31 heavy (non-hydrogen) atoms. The van der Waals surface area contributed by atoms with Crippen LogP contribution in [0.25, 0.3) is 5.69 Å². The van der Waals surface area contributed by atoms with Gasteiger partial charge >= 0.3 is 0 Å². The molecular weight excluding hydrogens is 413 g/mol. The smallest absolute Gasteiger partial charge is 0.239 e. The topological polar surface area (TPSA) is 88.3 Å². The van der Waals surface area contributed by atoms with E-state index in [1.807, 2.05) is 6.92 Å². The third kappa shape index (κ3) is 4.32. The lowest BCUT2D eigenvalue weighted by atomic mass is 10.2. The number of halogens is 3.